The number of amidine groups is 1. The lowest BCUT2D eigenvalue weighted by molar-refractivity contribution is 0.0516. The van der Waals surface area contributed by atoms with E-state index in [2.05, 4.69) is 37.0 Å². The van der Waals surface area contributed by atoms with Gasteiger partial charge in [-0.05, 0) is 74.3 Å². The summed E-state index contributed by atoms with van der Waals surface area (Å²) >= 11 is 24.6. The van der Waals surface area contributed by atoms with E-state index in [-0.39, 0.29) is 38.6 Å². The van der Waals surface area contributed by atoms with E-state index >= 15 is 0 Å². The average Bonchev–Trinajstić information content (AvgIpc) is 2.72. The maximum absolute atomic E-state index is 14.0. The monoisotopic (exact) mass is 622 g/mol. The van der Waals surface area contributed by atoms with E-state index in [1.165, 1.54) is 30.3 Å². The lowest BCUT2D eigenvalue weighted by Gasteiger charge is -2.13. The minimum Gasteiger partial charge on any atom is -0.486 e. The minimum atomic E-state index is -0.780. The van der Waals surface area contributed by atoms with Crippen LogP contribution in [0.15, 0.2) is 62.6 Å². The van der Waals surface area contributed by atoms with Gasteiger partial charge in [0.2, 0.25) is 0 Å². The number of carbonyl (C=O) groups is 1. The number of nitrogens with zero attached hydrogens (tertiary/aromatic N) is 1. The fraction of sp³-hybridized carbons (Fsp3) is 0.0476. The van der Waals surface area contributed by atoms with Crippen molar-refractivity contribution in [2.75, 3.05) is 0 Å². The van der Waals surface area contributed by atoms with Crippen molar-refractivity contribution >= 4 is 78.5 Å². The predicted octanol–water partition coefficient (Wildman–Crippen LogP) is 7.37. The third-order valence-electron chi connectivity index (χ3n) is 4.04. The molecule has 2 N–H and O–H groups in total. The SMILES string of the molecule is N/C(=N\OC(=O)c1cc(Cl)cc(Cl)c1)c1cc(Br)c(OCc2c(F)cccc2Cl)c(Br)c1. The van der Waals surface area contributed by atoms with Gasteiger partial charge in [0.05, 0.1) is 19.5 Å². The molecule has 0 unspecified atom stereocenters. The number of carbonyl (C=O) groups excluding carboxylic acids is 1. The molecule has 0 heterocycles. The summed E-state index contributed by atoms with van der Waals surface area (Å²) in [6.07, 6.45) is 0. The summed E-state index contributed by atoms with van der Waals surface area (Å²) < 4.78 is 20.7. The van der Waals surface area contributed by atoms with Gasteiger partial charge in [-0.2, -0.15) is 0 Å². The summed E-state index contributed by atoms with van der Waals surface area (Å²) in [6, 6.07) is 11.9. The Bertz CT molecular complexity index is 1160. The lowest BCUT2D eigenvalue weighted by atomic mass is 10.2. The molecule has 0 saturated carbocycles. The van der Waals surface area contributed by atoms with Crippen LogP contribution in [0, 0.1) is 5.82 Å². The largest absolute Gasteiger partial charge is 0.486 e. The number of ether oxygens (including phenoxy) is 1. The van der Waals surface area contributed by atoms with Gasteiger partial charge in [-0.25, -0.2) is 9.18 Å². The van der Waals surface area contributed by atoms with Gasteiger partial charge in [-0.1, -0.05) is 46.0 Å². The first kappa shape index (κ1) is 24.8. The predicted molar refractivity (Wildman–Crippen MR) is 130 cm³/mol. The second-order valence-corrected chi connectivity index (χ2v) is 9.26. The summed E-state index contributed by atoms with van der Waals surface area (Å²) in [5, 5.41) is 4.48. The number of halogens is 6. The number of oxime groups is 1. The normalized spacial score (nSPS) is 11.4. The van der Waals surface area contributed by atoms with Crippen molar-refractivity contribution in [2.45, 2.75) is 6.61 Å². The Morgan fingerprint density at radius 3 is 2.22 bits per heavy atom. The second kappa shape index (κ2) is 10.9. The molecule has 0 saturated heterocycles. The number of rotatable bonds is 6. The highest BCUT2D eigenvalue weighted by atomic mass is 79.9. The third kappa shape index (κ3) is 6.14. The Morgan fingerprint density at radius 2 is 1.62 bits per heavy atom. The molecule has 5 nitrogen and oxygen atoms in total. The summed E-state index contributed by atoms with van der Waals surface area (Å²) in [5.74, 6) is -0.930. The minimum absolute atomic E-state index is 0.0726. The van der Waals surface area contributed by atoms with E-state index in [1.54, 1.807) is 18.2 Å². The van der Waals surface area contributed by atoms with Gasteiger partial charge in [0.25, 0.3) is 0 Å². The molecule has 0 atom stereocenters. The maximum atomic E-state index is 14.0. The van der Waals surface area contributed by atoms with Gasteiger partial charge in [0, 0.05) is 21.2 Å². The van der Waals surface area contributed by atoms with Crippen molar-refractivity contribution in [3.05, 3.63) is 95.1 Å². The molecule has 0 amide bonds. The van der Waals surface area contributed by atoms with Crippen LogP contribution in [0.2, 0.25) is 15.1 Å². The van der Waals surface area contributed by atoms with E-state index in [1.807, 2.05) is 0 Å². The van der Waals surface area contributed by atoms with Crippen LogP contribution in [0.25, 0.3) is 0 Å². The fourth-order valence-electron chi connectivity index (χ4n) is 2.53. The van der Waals surface area contributed by atoms with E-state index in [4.69, 9.17) is 50.1 Å². The first-order valence-corrected chi connectivity index (χ1v) is 11.4. The van der Waals surface area contributed by atoms with Crippen LogP contribution in [0.3, 0.4) is 0 Å². The van der Waals surface area contributed by atoms with Crippen molar-refractivity contribution in [3.63, 3.8) is 0 Å². The van der Waals surface area contributed by atoms with Crippen molar-refractivity contribution < 1.29 is 18.8 Å². The van der Waals surface area contributed by atoms with Crippen molar-refractivity contribution in [1.29, 1.82) is 0 Å². The van der Waals surface area contributed by atoms with Crippen LogP contribution in [0.4, 0.5) is 4.39 Å². The Labute approximate surface area is 214 Å². The van der Waals surface area contributed by atoms with Crippen molar-refractivity contribution in [3.8, 4) is 5.75 Å². The second-order valence-electron chi connectivity index (χ2n) is 6.27. The van der Waals surface area contributed by atoms with Crippen LogP contribution in [0.5, 0.6) is 5.75 Å². The smallest absolute Gasteiger partial charge is 0.365 e. The molecule has 0 bridgehead atoms. The molecule has 0 aliphatic carbocycles. The molecule has 3 aromatic carbocycles. The number of benzene rings is 3. The highest BCUT2D eigenvalue weighted by molar-refractivity contribution is 9.11. The summed E-state index contributed by atoms with van der Waals surface area (Å²) in [4.78, 5) is 17.1. The van der Waals surface area contributed by atoms with Gasteiger partial charge in [0.1, 0.15) is 18.2 Å². The van der Waals surface area contributed by atoms with E-state index < -0.39 is 11.8 Å². The lowest BCUT2D eigenvalue weighted by Crippen LogP contribution is -2.15. The molecule has 166 valence electrons. The maximum Gasteiger partial charge on any atom is 0.365 e. The van der Waals surface area contributed by atoms with Gasteiger partial charge in [-0.3, -0.25) is 0 Å². The molecule has 3 rings (SSSR count). The quantitative estimate of drug-likeness (QED) is 0.134. The molecule has 0 fully saturated rings. The van der Waals surface area contributed by atoms with Gasteiger partial charge in [-0.15, -0.1) is 0 Å². The topological polar surface area (TPSA) is 73.9 Å². The molecule has 0 aromatic heterocycles. The van der Waals surface area contributed by atoms with Crippen LogP contribution < -0.4 is 10.5 Å². The first-order valence-electron chi connectivity index (χ1n) is 8.71. The highest BCUT2D eigenvalue weighted by Crippen LogP contribution is 2.36. The molecule has 0 aliphatic heterocycles. The summed E-state index contributed by atoms with van der Waals surface area (Å²) in [7, 11) is 0. The van der Waals surface area contributed by atoms with Gasteiger partial charge < -0.3 is 15.3 Å². The number of nitrogens with two attached hydrogens (primary N) is 1. The summed E-state index contributed by atoms with van der Waals surface area (Å²) in [6.45, 7) is -0.0918. The van der Waals surface area contributed by atoms with Crippen LogP contribution in [-0.2, 0) is 11.4 Å². The average molecular weight is 626 g/mol. The van der Waals surface area contributed by atoms with E-state index in [0.29, 0.717) is 20.3 Å². The standard InChI is InChI=1S/C21H12Br2Cl3FN2O3/c22-15-6-10(20(28)29-32-21(30)11-4-12(24)8-13(25)5-11)7-16(23)19(15)31-9-14-17(26)2-1-3-18(14)27/h1-8H,9H2,(H2,28,29). The Hall–Kier alpha value is -1.84. The zero-order chi connectivity index (χ0) is 23.4. The highest BCUT2D eigenvalue weighted by Gasteiger charge is 2.15. The Kier molecular flexibility index (Phi) is 8.41. The zero-order valence-electron chi connectivity index (χ0n) is 15.8. The number of hydrogen-bond donors (Lipinski definition) is 1. The Balaban J connectivity index is 1.75. The van der Waals surface area contributed by atoms with Crippen LogP contribution in [-0.4, -0.2) is 11.8 Å². The molecule has 0 radical (unpaired) electrons. The van der Waals surface area contributed by atoms with Crippen molar-refractivity contribution in [2.24, 2.45) is 10.9 Å². The van der Waals surface area contributed by atoms with E-state index in [0.717, 1.165) is 0 Å². The third-order valence-corrected chi connectivity index (χ3v) is 6.01. The van der Waals surface area contributed by atoms with Crippen LogP contribution in [0.1, 0.15) is 21.5 Å². The molecule has 0 spiro atoms. The fourth-order valence-corrected chi connectivity index (χ4v) is 4.69. The zero-order valence-corrected chi connectivity index (χ0v) is 21.3. The molecule has 11 heteroatoms. The van der Waals surface area contributed by atoms with Crippen LogP contribution >= 0.6 is 66.7 Å². The molecular weight excluding hydrogens is 613 g/mol. The summed E-state index contributed by atoms with van der Waals surface area (Å²) in [5.41, 5.74) is 6.72. The Morgan fingerprint density at radius 1 is 1.00 bits per heavy atom. The number of hydrogen-bond acceptors (Lipinski definition) is 4. The molecule has 3 aromatic rings. The molecule has 0 aliphatic rings. The van der Waals surface area contributed by atoms with Crippen molar-refractivity contribution in [1.82, 2.24) is 0 Å². The van der Waals surface area contributed by atoms with Gasteiger partial charge >= 0.3 is 5.97 Å². The molecule has 32 heavy (non-hydrogen) atoms. The van der Waals surface area contributed by atoms with E-state index in [9.17, 15) is 9.18 Å². The van der Waals surface area contributed by atoms with Gasteiger partial charge in [0.15, 0.2) is 5.84 Å². The molecular formula is C21H12Br2Cl3FN2O3. The first-order chi connectivity index (χ1) is 15.2.